The average Bonchev–Trinajstić information content (AvgIpc) is 2.54. The highest BCUT2D eigenvalue weighted by molar-refractivity contribution is 9.10. The van der Waals surface area contributed by atoms with Crippen molar-refractivity contribution in [1.29, 1.82) is 0 Å². The summed E-state index contributed by atoms with van der Waals surface area (Å²) in [7, 11) is 3.29. The Balaban J connectivity index is 2.30. The number of fused-ring (bicyclic) bond motifs is 1. The lowest BCUT2D eigenvalue weighted by Gasteiger charge is -2.10. The van der Waals surface area contributed by atoms with E-state index in [-0.39, 0.29) is 0 Å². The molecule has 0 saturated heterocycles. The van der Waals surface area contributed by atoms with E-state index in [0.29, 0.717) is 5.88 Å². The molecule has 0 fully saturated rings. The second-order valence-corrected chi connectivity index (χ2v) is 5.52. The summed E-state index contributed by atoms with van der Waals surface area (Å²) >= 11 is 3.52. The van der Waals surface area contributed by atoms with Crippen molar-refractivity contribution in [3.63, 3.8) is 0 Å². The number of rotatable bonds is 3. The van der Waals surface area contributed by atoms with Crippen molar-refractivity contribution in [1.82, 2.24) is 4.98 Å². The van der Waals surface area contributed by atoms with E-state index in [0.717, 1.165) is 32.3 Å². The van der Waals surface area contributed by atoms with Gasteiger partial charge in [-0.3, -0.25) is 0 Å². The molecule has 2 aromatic carbocycles. The third-order valence-electron chi connectivity index (χ3n) is 3.34. The molecule has 0 aliphatic heterocycles. The van der Waals surface area contributed by atoms with Crippen LogP contribution in [0.5, 0.6) is 11.6 Å². The van der Waals surface area contributed by atoms with Crippen LogP contribution in [-0.2, 0) is 0 Å². The molecule has 0 N–H and O–H groups in total. The third-order valence-corrected chi connectivity index (χ3v) is 3.83. The van der Waals surface area contributed by atoms with Crippen LogP contribution < -0.4 is 9.47 Å². The highest BCUT2D eigenvalue weighted by Gasteiger charge is 2.09. The quantitative estimate of drug-likeness (QED) is 0.691. The van der Waals surface area contributed by atoms with Crippen LogP contribution in [0.4, 0.5) is 0 Å². The third kappa shape index (κ3) is 2.72. The Hall–Kier alpha value is -2.07. The topological polar surface area (TPSA) is 31.4 Å². The highest BCUT2D eigenvalue weighted by atomic mass is 79.9. The van der Waals surface area contributed by atoms with E-state index >= 15 is 0 Å². The van der Waals surface area contributed by atoms with E-state index in [1.54, 1.807) is 14.2 Å². The van der Waals surface area contributed by atoms with Crippen molar-refractivity contribution < 1.29 is 9.47 Å². The summed E-state index contributed by atoms with van der Waals surface area (Å²) in [6.07, 6.45) is 0. The molecule has 0 spiro atoms. The van der Waals surface area contributed by atoms with Crippen LogP contribution in [0.15, 0.2) is 53.0 Å². The van der Waals surface area contributed by atoms with Gasteiger partial charge in [0.05, 0.1) is 19.7 Å². The highest BCUT2D eigenvalue weighted by Crippen LogP contribution is 2.34. The minimum absolute atomic E-state index is 0.600. The molecule has 21 heavy (non-hydrogen) atoms. The van der Waals surface area contributed by atoms with E-state index < -0.39 is 0 Å². The lowest BCUT2D eigenvalue weighted by atomic mass is 10.0. The Kier molecular flexibility index (Phi) is 3.80. The zero-order valence-electron chi connectivity index (χ0n) is 11.8. The number of halogens is 1. The number of hydrogen-bond acceptors (Lipinski definition) is 3. The van der Waals surface area contributed by atoms with E-state index in [4.69, 9.17) is 9.47 Å². The Morgan fingerprint density at radius 2 is 1.81 bits per heavy atom. The Morgan fingerprint density at radius 3 is 2.57 bits per heavy atom. The lowest BCUT2D eigenvalue weighted by molar-refractivity contribution is 0.400. The number of pyridine rings is 1. The van der Waals surface area contributed by atoms with Gasteiger partial charge >= 0.3 is 0 Å². The zero-order valence-corrected chi connectivity index (χ0v) is 13.3. The summed E-state index contributed by atoms with van der Waals surface area (Å²) in [4.78, 5) is 4.49. The minimum atomic E-state index is 0.600. The maximum Gasteiger partial charge on any atom is 0.214 e. The summed E-state index contributed by atoms with van der Waals surface area (Å²) in [5.74, 6) is 1.43. The van der Waals surface area contributed by atoms with Gasteiger partial charge in [0.15, 0.2) is 0 Å². The van der Waals surface area contributed by atoms with Crippen molar-refractivity contribution in [2.24, 2.45) is 0 Å². The van der Waals surface area contributed by atoms with Crippen molar-refractivity contribution in [3.05, 3.63) is 53.0 Å². The van der Waals surface area contributed by atoms with Gasteiger partial charge in [-0.1, -0.05) is 28.1 Å². The second-order valence-electron chi connectivity index (χ2n) is 4.61. The summed E-state index contributed by atoms with van der Waals surface area (Å²) in [5.41, 5.74) is 3.03. The summed E-state index contributed by atoms with van der Waals surface area (Å²) in [5, 5.41) is 1.07. The van der Waals surface area contributed by atoms with Crippen LogP contribution in [0.2, 0.25) is 0 Å². The van der Waals surface area contributed by atoms with E-state index in [1.807, 2.05) is 36.4 Å². The smallest absolute Gasteiger partial charge is 0.214 e. The minimum Gasteiger partial charge on any atom is -0.497 e. The van der Waals surface area contributed by atoms with Gasteiger partial charge in [0.1, 0.15) is 5.75 Å². The monoisotopic (exact) mass is 343 g/mol. The number of ether oxygens (including phenoxy) is 2. The number of methoxy groups -OCH3 is 2. The molecule has 0 amide bonds. The molecule has 1 heterocycles. The first-order valence-corrected chi connectivity index (χ1v) is 7.29. The lowest BCUT2D eigenvalue weighted by Crippen LogP contribution is -1.92. The molecular weight excluding hydrogens is 330 g/mol. The van der Waals surface area contributed by atoms with Gasteiger partial charge < -0.3 is 9.47 Å². The molecule has 106 valence electrons. The Morgan fingerprint density at radius 1 is 0.952 bits per heavy atom. The molecule has 3 aromatic rings. The predicted molar refractivity (Wildman–Crippen MR) is 88.0 cm³/mol. The molecule has 1 aromatic heterocycles. The van der Waals surface area contributed by atoms with E-state index in [2.05, 4.69) is 33.0 Å². The van der Waals surface area contributed by atoms with Crippen LogP contribution in [-0.4, -0.2) is 19.2 Å². The Bertz CT molecular complexity index is 802. The standard InChI is InChI=1S/C17H14BrNO2/c1-20-13-5-3-4-11(8-13)14-10-17(21-2)19-16-7-6-12(18)9-15(14)16/h3-10H,1-2H3. The number of aromatic nitrogens is 1. The molecule has 0 unspecified atom stereocenters. The van der Waals surface area contributed by atoms with Crippen LogP contribution in [0.25, 0.3) is 22.0 Å². The van der Waals surface area contributed by atoms with Crippen molar-refractivity contribution in [3.8, 4) is 22.8 Å². The van der Waals surface area contributed by atoms with Crippen molar-refractivity contribution in [2.45, 2.75) is 0 Å². The fraction of sp³-hybridized carbons (Fsp3) is 0.118. The Labute approximate surface area is 131 Å². The first-order valence-electron chi connectivity index (χ1n) is 6.50. The van der Waals surface area contributed by atoms with Crippen LogP contribution in [0, 0.1) is 0 Å². The first kappa shape index (κ1) is 13.9. The molecular formula is C17H14BrNO2. The van der Waals surface area contributed by atoms with Gasteiger partial charge in [0.25, 0.3) is 0 Å². The summed E-state index contributed by atoms with van der Waals surface area (Å²) < 4.78 is 11.6. The SMILES string of the molecule is COc1cccc(-c2cc(OC)nc3ccc(Br)cc23)c1. The van der Waals surface area contributed by atoms with Crippen molar-refractivity contribution >= 4 is 26.8 Å². The number of benzene rings is 2. The molecule has 0 saturated carbocycles. The van der Waals surface area contributed by atoms with Gasteiger partial charge in [-0.05, 0) is 41.5 Å². The fourth-order valence-corrected chi connectivity index (χ4v) is 2.67. The normalized spacial score (nSPS) is 10.6. The maximum absolute atomic E-state index is 5.32. The molecule has 0 bridgehead atoms. The van der Waals surface area contributed by atoms with E-state index in [1.165, 1.54) is 0 Å². The zero-order chi connectivity index (χ0) is 14.8. The second kappa shape index (κ2) is 5.74. The van der Waals surface area contributed by atoms with Crippen LogP contribution in [0.3, 0.4) is 0 Å². The summed E-state index contributed by atoms with van der Waals surface area (Å²) in [6, 6.07) is 15.9. The summed E-state index contributed by atoms with van der Waals surface area (Å²) in [6.45, 7) is 0. The molecule has 0 aliphatic carbocycles. The maximum atomic E-state index is 5.32. The molecule has 3 rings (SSSR count). The molecule has 0 atom stereocenters. The molecule has 0 aliphatic rings. The first-order chi connectivity index (χ1) is 10.2. The molecule has 0 radical (unpaired) electrons. The fourth-order valence-electron chi connectivity index (χ4n) is 2.31. The average molecular weight is 344 g/mol. The van der Waals surface area contributed by atoms with Gasteiger partial charge in [-0.15, -0.1) is 0 Å². The number of nitrogens with zero attached hydrogens (tertiary/aromatic N) is 1. The van der Waals surface area contributed by atoms with Crippen LogP contribution in [0.1, 0.15) is 0 Å². The van der Waals surface area contributed by atoms with Gasteiger partial charge in [-0.25, -0.2) is 4.98 Å². The molecule has 3 nitrogen and oxygen atoms in total. The number of hydrogen-bond donors (Lipinski definition) is 0. The van der Waals surface area contributed by atoms with Crippen LogP contribution >= 0.6 is 15.9 Å². The van der Waals surface area contributed by atoms with Crippen molar-refractivity contribution in [2.75, 3.05) is 14.2 Å². The van der Waals surface area contributed by atoms with Gasteiger partial charge in [0.2, 0.25) is 5.88 Å². The van der Waals surface area contributed by atoms with E-state index in [9.17, 15) is 0 Å². The largest absolute Gasteiger partial charge is 0.497 e. The molecule has 4 heteroatoms. The predicted octanol–water partition coefficient (Wildman–Crippen LogP) is 4.68. The van der Waals surface area contributed by atoms with Gasteiger partial charge in [-0.2, -0.15) is 0 Å². The van der Waals surface area contributed by atoms with Gasteiger partial charge in [0, 0.05) is 15.9 Å².